The molecule has 0 saturated heterocycles. The van der Waals surface area contributed by atoms with Gasteiger partial charge in [-0.2, -0.15) is 0 Å². The van der Waals surface area contributed by atoms with Gasteiger partial charge < -0.3 is 24.4 Å². The Hall–Kier alpha value is -3.47. The number of nitrogens with one attached hydrogen (secondary N) is 1. The summed E-state index contributed by atoms with van der Waals surface area (Å²) in [6, 6.07) is 11.5. The van der Waals surface area contributed by atoms with Gasteiger partial charge in [-0.05, 0) is 57.0 Å². The monoisotopic (exact) mass is 547 g/mol. The molecule has 208 valence electrons. The number of carbonyl (C=O) groups excluding carboxylic acids is 2. The van der Waals surface area contributed by atoms with E-state index in [-0.39, 0.29) is 43.8 Å². The van der Waals surface area contributed by atoms with Gasteiger partial charge >= 0.3 is 0 Å². The van der Waals surface area contributed by atoms with Crippen molar-refractivity contribution in [3.05, 3.63) is 48.0 Å². The largest absolute Gasteiger partial charge is 0.497 e. The minimum atomic E-state index is -3.63. The van der Waals surface area contributed by atoms with E-state index in [2.05, 4.69) is 5.32 Å². The number of ether oxygens (including phenoxy) is 3. The molecule has 1 aliphatic rings. The zero-order chi connectivity index (χ0) is 27.9. The highest BCUT2D eigenvalue weighted by Gasteiger charge is 2.27. The van der Waals surface area contributed by atoms with Gasteiger partial charge in [-0.3, -0.25) is 13.9 Å². The van der Waals surface area contributed by atoms with Gasteiger partial charge in [0.1, 0.15) is 25.0 Å². The molecular formula is C27H37N3O7S. The van der Waals surface area contributed by atoms with Gasteiger partial charge in [-0.1, -0.05) is 12.1 Å². The van der Waals surface area contributed by atoms with E-state index in [1.807, 2.05) is 26.0 Å². The molecule has 0 aliphatic carbocycles. The lowest BCUT2D eigenvalue weighted by molar-refractivity contribution is -0.140. The van der Waals surface area contributed by atoms with Crippen LogP contribution in [0.3, 0.4) is 0 Å². The molecule has 0 spiro atoms. The van der Waals surface area contributed by atoms with Crippen LogP contribution in [0.1, 0.15) is 39.2 Å². The van der Waals surface area contributed by atoms with Crippen LogP contribution in [0.4, 0.5) is 5.69 Å². The summed E-state index contributed by atoms with van der Waals surface area (Å²) in [6.45, 7) is 6.55. The van der Waals surface area contributed by atoms with E-state index in [1.54, 1.807) is 44.4 Å². The Morgan fingerprint density at radius 2 is 1.68 bits per heavy atom. The molecule has 1 heterocycles. The van der Waals surface area contributed by atoms with Gasteiger partial charge in [0.2, 0.25) is 21.8 Å². The maximum atomic E-state index is 13.4. The topological polar surface area (TPSA) is 114 Å². The number of sulfonamides is 1. The fourth-order valence-corrected chi connectivity index (χ4v) is 5.06. The smallest absolute Gasteiger partial charge is 0.242 e. The number of methoxy groups -OCH3 is 1. The molecule has 2 aromatic carbocycles. The fourth-order valence-electron chi connectivity index (χ4n) is 4.11. The van der Waals surface area contributed by atoms with Crippen LogP contribution < -0.4 is 23.8 Å². The molecule has 0 radical (unpaired) electrons. The van der Waals surface area contributed by atoms with Crippen LogP contribution in [0.15, 0.2) is 42.5 Å². The number of fused-ring (bicyclic) bond motifs is 1. The highest BCUT2D eigenvalue weighted by molar-refractivity contribution is 7.92. The standard InChI is InChI=1S/C27H37N3O7S/c1-19(2)28-27(32)20(3)29(18-21-8-11-23(35-4)12-9-21)26(31)7-6-14-30(38(5,33)34)22-10-13-24-25(17-22)37-16-15-36-24/h8-13,17,19-20H,6-7,14-16,18H2,1-5H3,(H,28,32). The van der Waals surface area contributed by atoms with Crippen molar-refractivity contribution in [3.63, 3.8) is 0 Å². The highest BCUT2D eigenvalue weighted by atomic mass is 32.2. The molecule has 0 bridgehead atoms. The van der Waals surface area contributed by atoms with Crippen LogP contribution in [0.2, 0.25) is 0 Å². The third kappa shape index (κ3) is 7.77. The second-order valence-electron chi connectivity index (χ2n) is 9.48. The summed E-state index contributed by atoms with van der Waals surface area (Å²) in [6.07, 6.45) is 1.45. The van der Waals surface area contributed by atoms with Crippen molar-refractivity contribution in [2.45, 2.75) is 52.2 Å². The molecule has 1 atom stereocenters. The van der Waals surface area contributed by atoms with Gasteiger partial charge in [0, 0.05) is 31.6 Å². The molecule has 2 aromatic rings. The quantitative estimate of drug-likeness (QED) is 0.435. The van der Waals surface area contributed by atoms with E-state index in [4.69, 9.17) is 14.2 Å². The maximum absolute atomic E-state index is 13.4. The number of carbonyl (C=O) groups is 2. The Labute approximate surface area is 224 Å². The van der Waals surface area contributed by atoms with Crippen LogP contribution in [-0.2, 0) is 26.2 Å². The van der Waals surface area contributed by atoms with Crippen LogP contribution >= 0.6 is 0 Å². The third-order valence-electron chi connectivity index (χ3n) is 6.08. The predicted octanol–water partition coefficient (Wildman–Crippen LogP) is 2.95. The summed E-state index contributed by atoms with van der Waals surface area (Å²) in [5, 5.41) is 2.86. The SMILES string of the molecule is COc1ccc(CN(C(=O)CCCN(c2ccc3c(c2)OCCO3)S(C)(=O)=O)C(C)C(=O)NC(C)C)cc1. The van der Waals surface area contributed by atoms with Crippen LogP contribution in [0, 0.1) is 0 Å². The Kier molecular flexibility index (Phi) is 9.84. The van der Waals surface area contributed by atoms with Gasteiger partial charge in [0.25, 0.3) is 0 Å². The van der Waals surface area contributed by atoms with Crippen LogP contribution in [-0.4, -0.2) is 70.3 Å². The maximum Gasteiger partial charge on any atom is 0.242 e. The molecular weight excluding hydrogens is 510 g/mol. The first-order valence-electron chi connectivity index (χ1n) is 12.6. The van der Waals surface area contributed by atoms with Crippen molar-refractivity contribution in [1.29, 1.82) is 0 Å². The van der Waals surface area contributed by atoms with Crippen molar-refractivity contribution in [3.8, 4) is 17.2 Å². The average molecular weight is 548 g/mol. The van der Waals surface area contributed by atoms with E-state index >= 15 is 0 Å². The summed E-state index contributed by atoms with van der Waals surface area (Å²) in [5.41, 5.74) is 1.28. The lowest BCUT2D eigenvalue weighted by Crippen LogP contribution is -2.49. The number of benzene rings is 2. The number of rotatable bonds is 12. The lowest BCUT2D eigenvalue weighted by Gasteiger charge is -2.30. The number of nitrogens with zero attached hydrogens (tertiary/aromatic N) is 2. The van der Waals surface area contributed by atoms with Gasteiger partial charge in [0.15, 0.2) is 11.5 Å². The highest BCUT2D eigenvalue weighted by Crippen LogP contribution is 2.34. The zero-order valence-electron chi connectivity index (χ0n) is 22.6. The molecule has 2 amide bonds. The van der Waals surface area contributed by atoms with E-state index in [0.717, 1.165) is 11.8 Å². The van der Waals surface area contributed by atoms with E-state index in [9.17, 15) is 18.0 Å². The van der Waals surface area contributed by atoms with Crippen molar-refractivity contribution < 1.29 is 32.2 Å². The molecule has 0 aromatic heterocycles. The molecule has 38 heavy (non-hydrogen) atoms. The third-order valence-corrected chi connectivity index (χ3v) is 7.27. The summed E-state index contributed by atoms with van der Waals surface area (Å²) in [7, 11) is -2.05. The number of hydrogen-bond acceptors (Lipinski definition) is 7. The minimum absolute atomic E-state index is 0.0615. The molecule has 1 unspecified atom stereocenters. The second kappa shape index (κ2) is 12.9. The summed E-state index contributed by atoms with van der Waals surface area (Å²) in [4.78, 5) is 27.7. The average Bonchev–Trinajstić information content (AvgIpc) is 2.88. The Morgan fingerprint density at radius 1 is 1.03 bits per heavy atom. The zero-order valence-corrected chi connectivity index (χ0v) is 23.4. The Balaban J connectivity index is 1.73. The van der Waals surface area contributed by atoms with Crippen LogP contribution in [0.25, 0.3) is 0 Å². The van der Waals surface area contributed by atoms with Gasteiger partial charge in [-0.15, -0.1) is 0 Å². The number of amides is 2. The normalized spacial score (nSPS) is 13.5. The fraction of sp³-hybridized carbons (Fsp3) is 0.481. The summed E-state index contributed by atoms with van der Waals surface area (Å²) in [5.74, 6) is 1.23. The first kappa shape index (κ1) is 29.1. The van der Waals surface area contributed by atoms with E-state index < -0.39 is 16.1 Å². The summed E-state index contributed by atoms with van der Waals surface area (Å²) >= 11 is 0. The van der Waals surface area contributed by atoms with Crippen molar-refractivity contribution in [1.82, 2.24) is 10.2 Å². The molecule has 11 heteroatoms. The lowest BCUT2D eigenvalue weighted by atomic mass is 10.1. The van der Waals surface area contributed by atoms with Crippen molar-refractivity contribution >= 4 is 27.5 Å². The van der Waals surface area contributed by atoms with Crippen LogP contribution in [0.5, 0.6) is 17.2 Å². The van der Waals surface area contributed by atoms with Crippen molar-refractivity contribution in [2.24, 2.45) is 0 Å². The molecule has 1 N–H and O–H groups in total. The number of hydrogen-bond donors (Lipinski definition) is 1. The molecule has 0 fully saturated rings. The second-order valence-corrected chi connectivity index (χ2v) is 11.4. The van der Waals surface area contributed by atoms with E-state index in [0.29, 0.717) is 36.1 Å². The number of anilines is 1. The Morgan fingerprint density at radius 3 is 2.29 bits per heavy atom. The molecule has 3 rings (SSSR count). The molecule has 0 saturated carbocycles. The van der Waals surface area contributed by atoms with Gasteiger partial charge in [0.05, 0.1) is 19.1 Å². The predicted molar refractivity (Wildman–Crippen MR) is 145 cm³/mol. The minimum Gasteiger partial charge on any atom is -0.497 e. The Bertz CT molecular complexity index is 1220. The molecule has 1 aliphatic heterocycles. The first-order valence-corrected chi connectivity index (χ1v) is 14.4. The summed E-state index contributed by atoms with van der Waals surface area (Å²) < 4.78 is 42.8. The first-order chi connectivity index (χ1) is 18.0. The van der Waals surface area contributed by atoms with Gasteiger partial charge in [-0.25, -0.2) is 8.42 Å². The van der Waals surface area contributed by atoms with Crippen molar-refractivity contribution in [2.75, 3.05) is 37.4 Å². The molecule has 10 nitrogen and oxygen atoms in total. The van der Waals surface area contributed by atoms with E-state index in [1.165, 1.54) is 9.21 Å².